The predicted molar refractivity (Wildman–Crippen MR) is 115 cm³/mol. The molecule has 1 aromatic heterocycles. The van der Waals surface area contributed by atoms with E-state index in [9.17, 15) is 24.6 Å². The number of benzene rings is 1. The highest BCUT2D eigenvalue weighted by molar-refractivity contribution is 8.00. The Morgan fingerprint density at radius 1 is 1.34 bits per heavy atom. The summed E-state index contributed by atoms with van der Waals surface area (Å²) in [5.41, 5.74) is 6.43. The van der Waals surface area contributed by atoms with E-state index in [1.165, 1.54) is 40.7 Å². The van der Waals surface area contributed by atoms with Crippen LogP contribution in [0.25, 0.3) is 0 Å². The average molecular weight is 476 g/mol. The first-order chi connectivity index (χ1) is 15.2. The largest absolute Gasteiger partial charge is 0.508 e. The lowest BCUT2D eigenvalue weighted by molar-refractivity contribution is -0.150. The van der Waals surface area contributed by atoms with E-state index in [1.807, 2.05) is 0 Å². The molecule has 2 aromatic rings. The molecule has 1 aromatic carbocycles. The Labute approximate surface area is 190 Å². The molecule has 32 heavy (non-hydrogen) atoms. The lowest BCUT2D eigenvalue weighted by atomic mass is 10.00. The molecule has 4 rings (SSSR count). The second kappa shape index (κ2) is 8.29. The number of rotatable bonds is 6. The first-order valence-corrected chi connectivity index (χ1v) is 10.7. The number of thioether (sulfide) groups is 1. The summed E-state index contributed by atoms with van der Waals surface area (Å²) in [6.45, 7) is 0. The van der Waals surface area contributed by atoms with Gasteiger partial charge < -0.3 is 21.3 Å². The number of tetrazole rings is 1. The third kappa shape index (κ3) is 3.61. The van der Waals surface area contributed by atoms with Gasteiger partial charge >= 0.3 is 5.97 Å². The Morgan fingerprint density at radius 2 is 2.03 bits per heavy atom. The van der Waals surface area contributed by atoms with Crippen LogP contribution in [0.2, 0.25) is 0 Å². The summed E-state index contributed by atoms with van der Waals surface area (Å²) in [5.74, 6) is -2.06. The van der Waals surface area contributed by atoms with Crippen LogP contribution in [-0.4, -0.2) is 75.1 Å². The number of aromatic nitrogens is 4. The molecule has 2 aliphatic heterocycles. The average Bonchev–Trinajstić information content (AvgIpc) is 3.21. The number of nitrogens with one attached hydrogen (secondary N) is 1. The second-order valence-corrected chi connectivity index (χ2v) is 8.57. The van der Waals surface area contributed by atoms with Gasteiger partial charge in [0.2, 0.25) is 5.91 Å². The lowest BCUT2D eigenvalue weighted by Crippen LogP contribution is -2.71. The van der Waals surface area contributed by atoms with Gasteiger partial charge in [-0.25, -0.2) is 9.48 Å². The van der Waals surface area contributed by atoms with Gasteiger partial charge in [-0.3, -0.25) is 14.5 Å². The van der Waals surface area contributed by atoms with Gasteiger partial charge in [-0.2, -0.15) is 0 Å². The number of hydrogen-bond acceptors (Lipinski definition) is 10. The van der Waals surface area contributed by atoms with Gasteiger partial charge in [0.15, 0.2) is 5.82 Å². The van der Waals surface area contributed by atoms with Gasteiger partial charge in [-0.1, -0.05) is 24.4 Å². The summed E-state index contributed by atoms with van der Waals surface area (Å²) in [4.78, 5) is 38.6. The van der Waals surface area contributed by atoms with Crippen molar-refractivity contribution in [3.8, 4) is 5.75 Å². The maximum Gasteiger partial charge on any atom is 0.353 e. The Hall–Kier alpha value is -3.36. The number of aryl methyl sites for hydroxylation is 1. The number of hydrogen-bond donors (Lipinski definition) is 4. The Bertz CT molecular complexity index is 1160. The van der Waals surface area contributed by atoms with E-state index in [1.54, 1.807) is 7.05 Å². The molecule has 1 fully saturated rings. The SMILES string of the molecule is Cn1nnnc1C(=S)C1=C(C(=O)O)N2C(=O)C(NC(=O)C(N)c3ccc(O)cc3)[C@@H]2SC1. The number of aliphatic carboxylic acids is 1. The molecular formula is C18H17N7O5S2. The number of phenolic OH excluding ortho intramolecular Hbond substituents is 1. The molecule has 0 spiro atoms. The number of fused-ring (bicyclic) bond motifs is 1. The Morgan fingerprint density at radius 3 is 2.62 bits per heavy atom. The fraction of sp³-hybridized carbons (Fsp3) is 0.278. The van der Waals surface area contributed by atoms with E-state index in [2.05, 4.69) is 20.8 Å². The highest BCUT2D eigenvalue weighted by Gasteiger charge is 2.55. The number of nitrogens with two attached hydrogens (primary N) is 1. The second-order valence-electron chi connectivity index (χ2n) is 7.05. The van der Waals surface area contributed by atoms with Crippen molar-refractivity contribution in [1.29, 1.82) is 0 Å². The van der Waals surface area contributed by atoms with E-state index in [0.717, 1.165) is 4.90 Å². The number of carbonyl (C=O) groups is 3. The van der Waals surface area contributed by atoms with Crippen molar-refractivity contribution in [1.82, 2.24) is 30.4 Å². The fourth-order valence-electron chi connectivity index (χ4n) is 3.43. The van der Waals surface area contributed by atoms with Gasteiger partial charge in [0, 0.05) is 18.4 Å². The monoisotopic (exact) mass is 475 g/mol. The molecule has 2 unspecified atom stereocenters. The highest BCUT2D eigenvalue weighted by Crippen LogP contribution is 2.41. The normalized spacial score (nSPS) is 20.9. The maximum absolute atomic E-state index is 12.8. The minimum absolute atomic E-state index is 0.0311. The zero-order chi connectivity index (χ0) is 23.2. The van der Waals surface area contributed by atoms with Crippen molar-refractivity contribution in [3.63, 3.8) is 0 Å². The van der Waals surface area contributed by atoms with Crippen LogP contribution < -0.4 is 11.1 Å². The molecular weight excluding hydrogens is 458 g/mol. The molecule has 14 heteroatoms. The van der Waals surface area contributed by atoms with Crippen molar-refractivity contribution in [2.75, 3.05) is 5.75 Å². The maximum atomic E-state index is 12.8. The minimum atomic E-state index is -1.32. The lowest BCUT2D eigenvalue weighted by Gasteiger charge is -2.49. The van der Waals surface area contributed by atoms with Crippen LogP contribution in [0.4, 0.5) is 0 Å². The zero-order valence-electron chi connectivity index (χ0n) is 16.5. The molecule has 0 aliphatic carbocycles. The quantitative estimate of drug-likeness (QED) is 0.231. The summed E-state index contributed by atoms with van der Waals surface area (Å²) in [6, 6.07) is 3.81. The van der Waals surface area contributed by atoms with Crippen LogP contribution in [-0.2, 0) is 21.4 Å². The number of β-lactam (4-membered cyclic amide) rings is 1. The van der Waals surface area contributed by atoms with Crippen LogP contribution in [0.15, 0.2) is 35.5 Å². The van der Waals surface area contributed by atoms with Crippen molar-refractivity contribution >= 4 is 46.6 Å². The molecule has 0 bridgehead atoms. The summed E-state index contributed by atoms with van der Waals surface area (Å²) >= 11 is 6.66. The van der Waals surface area contributed by atoms with E-state index in [-0.39, 0.29) is 33.5 Å². The van der Waals surface area contributed by atoms with Gasteiger partial charge in [-0.05, 0) is 28.1 Å². The van der Waals surface area contributed by atoms with Crippen LogP contribution in [0, 0.1) is 0 Å². The first kappa shape index (κ1) is 21.9. The van der Waals surface area contributed by atoms with E-state index in [0.29, 0.717) is 5.56 Å². The van der Waals surface area contributed by atoms with E-state index < -0.39 is 35.2 Å². The minimum Gasteiger partial charge on any atom is -0.508 e. The highest BCUT2D eigenvalue weighted by atomic mass is 32.2. The van der Waals surface area contributed by atoms with Gasteiger partial charge in [-0.15, -0.1) is 16.9 Å². The number of phenols is 1. The van der Waals surface area contributed by atoms with Crippen LogP contribution in [0.3, 0.4) is 0 Å². The molecule has 1 saturated heterocycles. The Kier molecular flexibility index (Phi) is 5.66. The number of thiocarbonyl (C=S) groups is 1. The Balaban J connectivity index is 1.54. The van der Waals surface area contributed by atoms with E-state index in [4.69, 9.17) is 18.0 Å². The molecule has 5 N–H and O–H groups in total. The predicted octanol–water partition coefficient (Wildman–Crippen LogP) is -0.928. The fourth-order valence-corrected chi connectivity index (χ4v) is 5.21. The molecule has 2 amide bonds. The van der Waals surface area contributed by atoms with Gasteiger partial charge in [0.1, 0.15) is 28.9 Å². The van der Waals surface area contributed by atoms with Crippen LogP contribution in [0.5, 0.6) is 5.75 Å². The first-order valence-electron chi connectivity index (χ1n) is 9.23. The zero-order valence-corrected chi connectivity index (χ0v) is 18.1. The number of amides is 2. The number of nitrogens with zero attached hydrogens (tertiary/aromatic N) is 5. The van der Waals surface area contributed by atoms with Crippen LogP contribution in [0.1, 0.15) is 17.4 Å². The number of carboxylic acid groups (broad SMARTS) is 1. The standard InChI is InChI=1S/C18H17N7O5S2/c1-24-14(21-22-23-24)13(31)9-6-32-17-11(16(28)25(17)12(9)18(29)30)20-15(27)10(19)7-2-4-8(26)5-3-7/h2-5,10-11,17,26H,6,19H2,1H3,(H,20,27)(H,29,30)/t10?,11?,17-/m0/s1. The third-order valence-corrected chi connectivity index (χ3v) is 6.81. The van der Waals surface area contributed by atoms with Crippen molar-refractivity contribution in [3.05, 3.63) is 46.9 Å². The molecule has 0 saturated carbocycles. The molecule has 0 radical (unpaired) electrons. The third-order valence-electron chi connectivity index (χ3n) is 5.10. The summed E-state index contributed by atoms with van der Waals surface area (Å²) in [5, 5.41) is 32.1. The van der Waals surface area contributed by atoms with Crippen molar-refractivity contribution < 1.29 is 24.6 Å². The molecule has 2 aliphatic rings. The molecule has 166 valence electrons. The smallest absolute Gasteiger partial charge is 0.353 e. The van der Waals surface area contributed by atoms with E-state index >= 15 is 0 Å². The number of carboxylic acids is 1. The van der Waals surface area contributed by atoms with Crippen molar-refractivity contribution in [2.45, 2.75) is 17.5 Å². The summed E-state index contributed by atoms with van der Waals surface area (Å²) in [7, 11) is 1.57. The summed E-state index contributed by atoms with van der Waals surface area (Å²) < 4.78 is 1.32. The topological polar surface area (TPSA) is 177 Å². The number of carbonyl (C=O) groups excluding carboxylic acids is 2. The van der Waals surface area contributed by atoms with Gasteiger partial charge in [0.05, 0.1) is 4.86 Å². The summed E-state index contributed by atoms with van der Waals surface area (Å²) in [6.07, 6.45) is 0. The van der Waals surface area contributed by atoms with Crippen molar-refractivity contribution in [2.24, 2.45) is 12.8 Å². The molecule has 3 atom stereocenters. The molecule has 3 heterocycles. The van der Waals surface area contributed by atoms with Crippen LogP contribution >= 0.6 is 24.0 Å². The number of aromatic hydroxyl groups is 1. The molecule has 12 nitrogen and oxygen atoms in total. The van der Waals surface area contributed by atoms with Gasteiger partial charge in [0.25, 0.3) is 5.91 Å².